The van der Waals surface area contributed by atoms with E-state index in [2.05, 4.69) is 15.5 Å². The molecule has 1 amide bonds. The number of carbonyl (C=O) groups excluding carboxylic acids is 1. The van der Waals surface area contributed by atoms with Crippen molar-refractivity contribution < 1.29 is 9.72 Å². The van der Waals surface area contributed by atoms with Gasteiger partial charge in [-0.1, -0.05) is 71.4 Å². The Labute approximate surface area is 208 Å². The molecule has 1 N–H and O–H groups in total. The number of benzene rings is 3. The van der Waals surface area contributed by atoms with E-state index < -0.39 is 4.92 Å². The third-order valence-corrected chi connectivity index (χ3v) is 6.47. The number of nitro groups is 1. The van der Waals surface area contributed by atoms with Crippen molar-refractivity contribution in [1.82, 2.24) is 15.0 Å². The van der Waals surface area contributed by atoms with Crippen LogP contribution in [0.4, 0.5) is 5.69 Å². The Kier molecular flexibility index (Phi) is 7.46. The van der Waals surface area contributed by atoms with Crippen molar-refractivity contribution in [1.29, 1.82) is 0 Å². The molecule has 4 aromatic rings. The van der Waals surface area contributed by atoms with E-state index in [0.29, 0.717) is 22.3 Å². The van der Waals surface area contributed by atoms with Crippen molar-refractivity contribution >= 4 is 63.8 Å². The molecule has 0 aliphatic carbocycles. The normalized spacial score (nSPS) is 11.2. The number of nitrogens with zero attached hydrogens (tertiary/aromatic N) is 4. The third-order valence-electron chi connectivity index (χ3n) is 4.81. The number of imidazole rings is 1. The number of hydrazone groups is 1. The monoisotopic (exact) mass is 513 g/mol. The highest BCUT2D eigenvalue weighted by Crippen LogP contribution is 2.27. The van der Waals surface area contributed by atoms with Gasteiger partial charge in [0, 0.05) is 16.7 Å². The lowest BCUT2D eigenvalue weighted by atomic mass is 10.2. The summed E-state index contributed by atoms with van der Waals surface area (Å²) in [5.41, 5.74) is 5.33. The highest BCUT2D eigenvalue weighted by molar-refractivity contribution is 7.99. The van der Waals surface area contributed by atoms with Crippen LogP contribution in [0.5, 0.6) is 0 Å². The predicted molar refractivity (Wildman–Crippen MR) is 135 cm³/mol. The van der Waals surface area contributed by atoms with Crippen LogP contribution >= 0.6 is 35.0 Å². The molecule has 3 aromatic carbocycles. The number of nitro benzene ring substituents is 1. The Morgan fingerprint density at radius 1 is 1.12 bits per heavy atom. The number of fused-ring (bicyclic) bond motifs is 1. The van der Waals surface area contributed by atoms with Gasteiger partial charge in [0.1, 0.15) is 5.02 Å². The van der Waals surface area contributed by atoms with Gasteiger partial charge in [0.2, 0.25) is 0 Å². The van der Waals surface area contributed by atoms with Gasteiger partial charge in [0.05, 0.1) is 34.5 Å². The van der Waals surface area contributed by atoms with Crippen LogP contribution in [0.3, 0.4) is 0 Å². The molecule has 0 aliphatic heterocycles. The summed E-state index contributed by atoms with van der Waals surface area (Å²) in [4.78, 5) is 27.4. The molecule has 0 saturated carbocycles. The smallest absolute Gasteiger partial charge is 0.288 e. The maximum absolute atomic E-state index is 12.3. The molecule has 0 radical (unpaired) electrons. The lowest BCUT2D eigenvalue weighted by molar-refractivity contribution is -0.384. The lowest BCUT2D eigenvalue weighted by Crippen LogP contribution is -2.20. The highest BCUT2D eigenvalue weighted by atomic mass is 35.5. The molecule has 0 bridgehead atoms. The second-order valence-corrected chi connectivity index (χ2v) is 8.87. The van der Waals surface area contributed by atoms with E-state index in [1.165, 1.54) is 30.1 Å². The summed E-state index contributed by atoms with van der Waals surface area (Å²) in [5.74, 6) is -0.273. The van der Waals surface area contributed by atoms with Crippen LogP contribution in [0.2, 0.25) is 10.0 Å². The average Bonchev–Trinajstić information content (AvgIpc) is 3.17. The molecule has 11 heteroatoms. The van der Waals surface area contributed by atoms with Crippen molar-refractivity contribution in [2.45, 2.75) is 11.7 Å². The van der Waals surface area contributed by atoms with Crippen molar-refractivity contribution in [2.75, 3.05) is 5.75 Å². The fourth-order valence-corrected chi connectivity index (χ4v) is 4.39. The van der Waals surface area contributed by atoms with E-state index >= 15 is 0 Å². The molecule has 0 spiro atoms. The van der Waals surface area contributed by atoms with E-state index in [0.717, 1.165) is 16.6 Å². The first-order valence-corrected chi connectivity index (χ1v) is 11.7. The number of hydrogen-bond donors (Lipinski definition) is 1. The third kappa shape index (κ3) is 5.56. The molecule has 172 valence electrons. The Balaban J connectivity index is 1.45. The Bertz CT molecular complexity index is 1410. The van der Waals surface area contributed by atoms with Gasteiger partial charge in [-0.15, -0.1) is 0 Å². The predicted octanol–water partition coefficient (Wildman–Crippen LogP) is 5.54. The van der Waals surface area contributed by atoms with Crippen LogP contribution in [0.25, 0.3) is 11.0 Å². The number of thioether (sulfide) groups is 1. The number of nitrogens with one attached hydrogen (secondary N) is 1. The number of amides is 1. The van der Waals surface area contributed by atoms with E-state index in [4.69, 9.17) is 23.2 Å². The number of aromatic nitrogens is 2. The summed E-state index contributed by atoms with van der Waals surface area (Å²) in [6.45, 7) is 0.512. The van der Waals surface area contributed by atoms with Crippen LogP contribution in [-0.2, 0) is 11.3 Å². The van der Waals surface area contributed by atoms with E-state index in [1.807, 2.05) is 53.1 Å². The zero-order valence-corrected chi connectivity index (χ0v) is 19.8. The van der Waals surface area contributed by atoms with Gasteiger partial charge in [0.25, 0.3) is 11.6 Å². The topological polar surface area (TPSA) is 102 Å². The van der Waals surface area contributed by atoms with Crippen molar-refractivity contribution in [3.05, 3.63) is 98.0 Å². The average molecular weight is 514 g/mol. The summed E-state index contributed by atoms with van der Waals surface area (Å²) >= 11 is 13.4. The fourth-order valence-electron chi connectivity index (χ4n) is 3.20. The maximum atomic E-state index is 12.3. The summed E-state index contributed by atoms with van der Waals surface area (Å²) in [5, 5.41) is 16.2. The quantitative estimate of drug-likeness (QED) is 0.144. The summed E-state index contributed by atoms with van der Waals surface area (Å²) in [7, 11) is 0. The largest absolute Gasteiger partial charge is 0.314 e. The van der Waals surface area contributed by atoms with Gasteiger partial charge in [0.15, 0.2) is 5.16 Å². The molecule has 0 aliphatic rings. The fraction of sp³-hybridized carbons (Fsp3) is 0.0870. The summed E-state index contributed by atoms with van der Waals surface area (Å²) in [6.07, 6.45) is 1.32. The highest BCUT2D eigenvalue weighted by Gasteiger charge is 2.15. The van der Waals surface area contributed by atoms with Gasteiger partial charge in [-0.2, -0.15) is 5.10 Å². The number of hydrogen-bond acceptors (Lipinski definition) is 6. The molecule has 34 heavy (non-hydrogen) atoms. The summed E-state index contributed by atoms with van der Waals surface area (Å²) < 4.78 is 2.02. The zero-order valence-electron chi connectivity index (χ0n) is 17.5. The van der Waals surface area contributed by atoms with Gasteiger partial charge < -0.3 is 4.57 Å². The Morgan fingerprint density at radius 2 is 1.88 bits per heavy atom. The standard InChI is InChI=1S/C23H17Cl2N5O3S/c24-17-6-2-1-5-16(17)13-29-20-8-4-3-7-19(20)27-23(29)34-14-22(31)28-26-12-15-9-10-18(25)21(11-15)30(32)33/h1-12H,13-14H2,(H,28,31)/b26-12-. The van der Waals surface area contributed by atoms with Gasteiger partial charge in [-0.05, 0) is 29.8 Å². The van der Waals surface area contributed by atoms with Crippen LogP contribution in [0, 0.1) is 10.1 Å². The second kappa shape index (κ2) is 10.7. The molecule has 0 saturated heterocycles. The number of para-hydroxylation sites is 2. The van der Waals surface area contributed by atoms with Crippen molar-refractivity contribution in [3.63, 3.8) is 0 Å². The molecular formula is C23H17Cl2N5O3S. The van der Waals surface area contributed by atoms with Crippen LogP contribution in [0.15, 0.2) is 77.0 Å². The van der Waals surface area contributed by atoms with Gasteiger partial charge >= 0.3 is 0 Å². The first-order valence-electron chi connectivity index (χ1n) is 9.99. The minimum absolute atomic E-state index is 0.0299. The first kappa shape index (κ1) is 23.7. The molecule has 1 heterocycles. The zero-order chi connectivity index (χ0) is 24.1. The molecule has 0 unspecified atom stereocenters. The van der Waals surface area contributed by atoms with Gasteiger partial charge in [-0.25, -0.2) is 10.4 Å². The molecule has 0 fully saturated rings. The minimum atomic E-state index is -0.580. The second-order valence-electron chi connectivity index (χ2n) is 7.11. The van der Waals surface area contributed by atoms with E-state index in [9.17, 15) is 14.9 Å². The molecular weight excluding hydrogens is 497 g/mol. The summed E-state index contributed by atoms with van der Waals surface area (Å²) in [6, 6.07) is 19.6. The Morgan fingerprint density at radius 3 is 2.68 bits per heavy atom. The number of rotatable bonds is 8. The first-order chi connectivity index (χ1) is 16.4. The van der Waals surface area contributed by atoms with Crippen LogP contribution in [0.1, 0.15) is 11.1 Å². The van der Waals surface area contributed by atoms with E-state index in [1.54, 1.807) is 6.07 Å². The molecule has 1 aromatic heterocycles. The molecule has 8 nitrogen and oxygen atoms in total. The Hall–Kier alpha value is -3.40. The molecule has 0 atom stereocenters. The van der Waals surface area contributed by atoms with E-state index in [-0.39, 0.29) is 22.4 Å². The lowest BCUT2D eigenvalue weighted by Gasteiger charge is -2.10. The maximum Gasteiger partial charge on any atom is 0.288 e. The SMILES string of the molecule is O=C(CSc1nc2ccccc2n1Cc1ccccc1Cl)N/N=C\c1ccc(Cl)c([N+](=O)[O-])c1. The van der Waals surface area contributed by atoms with Crippen molar-refractivity contribution in [3.8, 4) is 0 Å². The molecule has 4 rings (SSSR count). The number of carbonyl (C=O) groups is 1. The van der Waals surface area contributed by atoms with Crippen molar-refractivity contribution in [2.24, 2.45) is 5.10 Å². The minimum Gasteiger partial charge on any atom is -0.314 e. The van der Waals surface area contributed by atoms with Gasteiger partial charge in [-0.3, -0.25) is 14.9 Å². The number of halogens is 2. The van der Waals surface area contributed by atoms with Crippen LogP contribution in [-0.4, -0.2) is 32.3 Å². The van der Waals surface area contributed by atoms with Crippen LogP contribution < -0.4 is 5.43 Å².